The number of nitrogens with one attached hydrogen (secondary N) is 2. The minimum atomic E-state index is -0.193. The summed E-state index contributed by atoms with van der Waals surface area (Å²) in [4.78, 5) is 17.2. The van der Waals surface area contributed by atoms with Crippen LogP contribution in [0.15, 0.2) is 30.7 Å². The Bertz CT molecular complexity index is 1140. The fraction of sp³-hybridized carbons (Fsp3) is 0.400. The third-order valence-electron chi connectivity index (χ3n) is 5.34. The molecular formula is C20H23N7O2. The van der Waals surface area contributed by atoms with E-state index in [9.17, 15) is 5.11 Å². The van der Waals surface area contributed by atoms with E-state index in [2.05, 4.69) is 30.4 Å². The zero-order chi connectivity index (χ0) is 19.8. The van der Waals surface area contributed by atoms with Crippen molar-refractivity contribution in [3.05, 3.63) is 30.7 Å². The Morgan fingerprint density at radius 2 is 2.07 bits per heavy atom. The summed E-state index contributed by atoms with van der Waals surface area (Å²) in [6.07, 6.45) is 8.69. The first-order valence-corrected chi connectivity index (χ1v) is 9.98. The molecule has 0 aliphatic heterocycles. The predicted octanol–water partition coefficient (Wildman–Crippen LogP) is 2.78. The quantitative estimate of drug-likeness (QED) is 0.478. The molecule has 0 amide bonds. The third kappa shape index (κ3) is 3.38. The van der Waals surface area contributed by atoms with Crippen molar-refractivity contribution in [3.8, 4) is 17.1 Å². The average molecular weight is 393 g/mol. The molecule has 5 rings (SSSR count). The van der Waals surface area contributed by atoms with Crippen LogP contribution in [0.25, 0.3) is 27.9 Å². The van der Waals surface area contributed by atoms with Crippen LogP contribution in [0.2, 0.25) is 0 Å². The Balaban J connectivity index is 1.53. The van der Waals surface area contributed by atoms with E-state index in [0.29, 0.717) is 24.1 Å². The van der Waals surface area contributed by atoms with Gasteiger partial charge in [-0.25, -0.2) is 9.50 Å². The molecule has 4 aromatic heterocycles. The van der Waals surface area contributed by atoms with Crippen LogP contribution in [-0.4, -0.2) is 53.4 Å². The number of ether oxygens (including phenoxy) is 1. The fourth-order valence-electron chi connectivity index (χ4n) is 3.87. The average Bonchev–Trinajstić information content (AvgIpc) is 3.36. The topological polar surface area (TPSA) is 113 Å². The lowest BCUT2D eigenvalue weighted by Gasteiger charge is -2.26. The molecule has 1 fully saturated rings. The van der Waals surface area contributed by atoms with Crippen molar-refractivity contribution in [2.75, 3.05) is 11.9 Å². The lowest BCUT2D eigenvalue weighted by Crippen LogP contribution is -2.29. The summed E-state index contributed by atoms with van der Waals surface area (Å²) in [5, 5.41) is 18.1. The van der Waals surface area contributed by atoms with E-state index in [1.165, 1.54) is 0 Å². The number of rotatable bonds is 5. The van der Waals surface area contributed by atoms with Gasteiger partial charge in [0, 0.05) is 30.1 Å². The third-order valence-corrected chi connectivity index (χ3v) is 5.34. The molecule has 4 heterocycles. The maximum atomic E-state index is 9.72. The molecular weight excluding hydrogens is 370 g/mol. The Morgan fingerprint density at radius 3 is 2.90 bits per heavy atom. The molecule has 0 aromatic carbocycles. The monoisotopic (exact) mass is 393 g/mol. The van der Waals surface area contributed by atoms with Crippen LogP contribution >= 0.6 is 0 Å². The Morgan fingerprint density at radius 1 is 1.21 bits per heavy atom. The van der Waals surface area contributed by atoms with E-state index in [1.54, 1.807) is 10.7 Å². The van der Waals surface area contributed by atoms with Gasteiger partial charge in [-0.05, 0) is 38.7 Å². The van der Waals surface area contributed by atoms with Crippen molar-refractivity contribution in [3.63, 3.8) is 0 Å². The molecule has 1 aliphatic rings. The van der Waals surface area contributed by atoms with Gasteiger partial charge in [-0.3, -0.25) is 0 Å². The van der Waals surface area contributed by atoms with Crippen molar-refractivity contribution in [2.24, 2.45) is 0 Å². The lowest BCUT2D eigenvalue weighted by molar-refractivity contribution is 0.126. The summed E-state index contributed by atoms with van der Waals surface area (Å²) in [5.41, 5.74) is 3.16. The molecule has 1 aliphatic carbocycles. The van der Waals surface area contributed by atoms with Gasteiger partial charge in [0.25, 0.3) is 0 Å². The highest BCUT2D eigenvalue weighted by Crippen LogP contribution is 2.34. The number of hydrogen-bond donors (Lipinski definition) is 3. The van der Waals surface area contributed by atoms with Gasteiger partial charge >= 0.3 is 0 Å². The number of nitrogens with zero attached hydrogens (tertiary/aromatic N) is 5. The smallest absolute Gasteiger partial charge is 0.228 e. The minimum absolute atomic E-state index is 0.193. The molecule has 150 valence electrons. The van der Waals surface area contributed by atoms with Crippen LogP contribution < -0.4 is 10.1 Å². The standard InChI is InChI=1S/C20H23N7O2/c1-2-29-19-17-14(15-8-10-27-16(24-15)7-9-22-27)11-21-18(17)25-20(26-19)23-12-3-5-13(28)6-4-12/h7-13,28H,2-6H2,1H3,(H2,21,23,25,26)/t12-,13+. The second kappa shape index (κ2) is 7.32. The minimum Gasteiger partial charge on any atom is -0.477 e. The van der Waals surface area contributed by atoms with Crippen LogP contribution in [0.3, 0.4) is 0 Å². The van der Waals surface area contributed by atoms with E-state index < -0.39 is 0 Å². The molecule has 0 atom stereocenters. The van der Waals surface area contributed by atoms with Gasteiger partial charge in [0.1, 0.15) is 5.65 Å². The largest absolute Gasteiger partial charge is 0.477 e. The number of anilines is 1. The SMILES string of the molecule is CCOc1nc(N[C@H]2CC[C@@H](O)CC2)nc2[nH]cc(-c3ccn4nccc4n3)c12. The molecule has 0 radical (unpaired) electrons. The molecule has 0 saturated heterocycles. The van der Waals surface area contributed by atoms with Crippen molar-refractivity contribution in [1.29, 1.82) is 0 Å². The van der Waals surface area contributed by atoms with E-state index in [4.69, 9.17) is 4.74 Å². The lowest BCUT2D eigenvalue weighted by atomic mass is 9.93. The van der Waals surface area contributed by atoms with Gasteiger partial charge in [-0.15, -0.1) is 0 Å². The summed E-state index contributed by atoms with van der Waals surface area (Å²) in [5.74, 6) is 1.07. The highest BCUT2D eigenvalue weighted by Gasteiger charge is 2.22. The van der Waals surface area contributed by atoms with Crippen LogP contribution in [0.5, 0.6) is 5.88 Å². The Kier molecular flexibility index (Phi) is 4.51. The summed E-state index contributed by atoms with van der Waals surface area (Å²) >= 11 is 0. The van der Waals surface area contributed by atoms with Crippen LogP contribution in [0.4, 0.5) is 5.95 Å². The molecule has 0 spiro atoms. The maximum absolute atomic E-state index is 9.72. The fourth-order valence-corrected chi connectivity index (χ4v) is 3.87. The maximum Gasteiger partial charge on any atom is 0.228 e. The molecule has 9 nitrogen and oxygen atoms in total. The first-order valence-electron chi connectivity index (χ1n) is 9.98. The van der Waals surface area contributed by atoms with Crippen LogP contribution in [0.1, 0.15) is 32.6 Å². The molecule has 4 aromatic rings. The van der Waals surface area contributed by atoms with Gasteiger partial charge in [0.05, 0.1) is 30.0 Å². The van der Waals surface area contributed by atoms with E-state index >= 15 is 0 Å². The first kappa shape index (κ1) is 17.9. The number of aliphatic hydroxyl groups excluding tert-OH is 1. The van der Waals surface area contributed by atoms with E-state index in [-0.39, 0.29) is 12.1 Å². The number of H-pyrrole nitrogens is 1. The van der Waals surface area contributed by atoms with Gasteiger partial charge < -0.3 is 20.1 Å². The highest BCUT2D eigenvalue weighted by molar-refractivity contribution is 5.97. The summed E-state index contributed by atoms with van der Waals surface area (Å²) < 4.78 is 7.59. The van der Waals surface area contributed by atoms with Crippen molar-refractivity contribution in [1.82, 2.24) is 29.5 Å². The Labute approximate surface area is 167 Å². The van der Waals surface area contributed by atoms with Crippen molar-refractivity contribution < 1.29 is 9.84 Å². The van der Waals surface area contributed by atoms with Crippen molar-refractivity contribution >= 4 is 22.6 Å². The van der Waals surface area contributed by atoms with Crippen LogP contribution in [0, 0.1) is 0 Å². The second-order valence-corrected chi connectivity index (χ2v) is 7.31. The zero-order valence-electron chi connectivity index (χ0n) is 16.2. The van der Waals surface area contributed by atoms with E-state index in [0.717, 1.165) is 48.0 Å². The van der Waals surface area contributed by atoms with Gasteiger partial charge in [0.2, 0.25) is 11.8 Å². The summed E-state index contributed by atoms with van der Waals surface area (Å²) in [7, 11) is 0. The number of aromatic amines is 1. The predicted molar refractivity (Wildman–Crippen MR) is 109 cm³/mol. The molecule has 9 heteroatoms. The van der Waals surface area contributed by atoms with Gasteiger partial charge in [-0.1, -0.05) is 0 Å². The van der Waals surface area contributed by atoms with Gasteiger partial charge in [0.15, 0.2) is 5.65 Å². The number of aromatic nitrogens is 6. The summed E-state index contributed by atoms with van der Waals surface area (Å²) in [6.45, 7) is 2.44. The summed E-state index contributed by atoms with van der Waals surface area (Å²) in [6, 6.07) is 4.03. The normalized spacial score (nSPS) is 19.7. The van der Waals surface area contributed by atoms with Crippen molar-refractivity contribution in [2.45, 2.75) is 44.8 Å². The molecule has 0 unspecified atom stereocenters. The number of fused-ring (bicyclic) bond motifs is 2. The molecule has 0 bridgehead atoms. The number of hydrogen-bond acceptors (Lipinski definition) is 7. The second-order valence-electron chi connectivity index (χ2n) is 7.31. The van der Waals surface area contributed by atoms with E-state index in [1.807, 2.05) is 31.5 Å². The number of aliphatic hydroxyl groups is 1. The first-order chi connectivity index (χ1) is 14.2. The highest BCUT2D eigenvalue weighted by atomic mass is 16.5. The molecule has 3 N–H and O–H groups in total. The molecule has 1 saturated carbocycles. The Hall–Kier alpha value is -3.20. The van der Waals surface area contributed by atoms with Crippen LogP contribution in [-0.2, 0) is 0 Å². The zero-order valence-corrected chi connectivity index (χ0v) is 16.2. The molecule has 29 heavy (non-hydrogen) atoms. The van der Waals surface area contributed by atoms with Gasteiger partial charge in [-0.2, -0.15) is 15.1 Å².